The molecule has 0 atom stereocenters. The number of alkyl halides is 3. The number of hydrogen-bond acceptors (Lipinski definition) is 3. The minimum atomic E-state index is -4.28. The zero-order valence-corrected chi connectivity index (χ0v) is 13.9. The lowest BCUT2D eigenvalue weighted by atomic mass is 10.2. The molecule has 4 nitrogen and oxygen atoms in total. The lowest BCUT2D eigenvalue weighted by Gasteiger charge is -2.20. The van der Waals surface area contributed by atoms with Gasteiger partial charge in [-0.15, -0.1) is 11.8 Å². The Labute approximate surface area is 142 Å². The van der Waals surface area contributed by atoms with Crippen molar-refractivity contribution in [2.75, 3.05) is 24.2 Å². The number of nitrogens with zero attached hydrogens (tertiary/aromatic N) is 1. The van der Waals surface area contributed by atoms with Gasteiger partial charge in [0.15, 0.2) is 0 Å². The van der Waals surface area contributed by atoms with Crippen molar-refractivity contribution in [1.29, 1.82) is 0 Å². The first kappa shape index (κ1) is 18.6. The molecule has 24 heavy (non-hydrogen) atoms. The van der Waals surface area contributed by atoms with Crippen molar-refractivity contribution in [1.82, 2.24) is 4.90 Å². The number of amides is 2. The van der Waals surface area contributed by atoms with Crippen molar-refractivity contribution in [3.8, 4) is 0 Å². The van der Waals surface area contributed by atoms with Gasteiger partial charge in [-0.2, -0.15) is 13.2 Å². The minimum Gasteiger partial charge on any atom is -0.333 e. The van der Waals surface area contributed by atoms with Crippen LogP contribution in [-0.4, -0.2) is 41.7 Å². The lowest BCUT2D eigenvalue weighted by molar-refractivity contribution is -0.134. The second kappa shape index (κ2) is 8.41. The summed E-state index contributed by atoms with van der Waals surface area (Å²) in [5, 5.41) is 2.61. The zero-order valence-electron chi connectivity index (χ0n) is 13.1. The molecule has 2 amide bonds. The Morgan fingerprint density at radius 2 is 1.96 bits per heavy atom. The van der Waals surface area contributed by atoms with Crippen LogP contribution in [0.3, 0.4) is 0 Å². The van der Waals surface area contributed by atoms with E-state index in [1.54, 1.807) is 18.2 Å². The van der Waals surface area contributed by atoms with Gasteiger partial charge >= 0.3 is 6.18 Å². The molecular formula is C16H19F3N2O2S. The number of anilines is 1. The van der Waals surface area contributed by atoms with Crippen LogP contribution < -0.4 is 5.32 Å². The van der Waals surface area contributed by atoms with Gasteiger partial charge in [0.1, 0.15) is 0 Å². The zero-order chi connectivity index (χ0) is 17.6. The highest BCUT2D eigenvalue weighted by atomic mass is 32.2. The second-order valence-electron chi connectivity index (χ2n) is 5.57. The maximum atomic E-state index is 12.4. The lowest BCUT2D eigenvalue weighted by Crippen LogP contribution is -2.37. The van der Waals surface area contributed by atoms with E-state index in [1.165, 1.54) is 11.0 Å². The minimum absolute atomic E-state index is 0.0534. The Balaban J connectivity index is 1.97. The molecule has 1 saturated heterocycles. The van der Waals surface area contributed by atoms with E-state index in [2.05, 4.69) is 5.32 Å². The average molecular weight is 360 g/mol. The fourth-order valence-corrected chi connectivity index (χ4v) is 3.19. The fraction of sp³-hybridized carbons (Fsp3) is 0.500. The maximum Gasteiger partial charge on any atom is 0.398 e. The molecule has 1 heterocycles. The van der Waals surface area contributed by atoms with E-state index in [1.807, 2.05) is 0 Å². The topological polar surface area (TPSA) is 49.4 Å². The molecule has 132 valence electrons. The molecule has 0 aliphatic carbocycles. The highest BCUT2D eigenvalue weighted by Crippen LogP contribution is 2.32. The summed E-state index contributed by atoms with van der Waals surface area (Å²) >= 11 is 0.626. The number of carbonyl (C=O) groups excluding carboxylic acids is 2. The molecule has 0 spiro atoms. The summed E-state index contributed by atoms with van der Waals surface area (Å²) in [6, 6.07) is 6.35. The summed E-state index contributed by atoms with van der Waals surface area (Å²) in [5.74, 6) is -1.47. The van der Waals surface area contributed by atoms with E-state index in [0.29, 0.717) is 35.3 Å². The van der Waals surface area contributed by atoms with E-state index < -0.39 is 17.8 Å². The molecule has 1 aliphatic heterocycles. The van der Waals surface area contributed by atoms with Gasteiger partial charge in [-0.05, 0) is 25.0 Å². The standard InChI is InChI=1S/C16H19F3N2O2S/c17-16(18,19)11-24-13-7-4-3-6-12(13)20-14(22)10-21-9-5-1-2-8-15(21)23/h3-4,6-7H,1-2,5,8-11H2,(H,20,22). The molecule has 0 bridgehead atoms. The van der Waals surface area contributed by atoms with E-state index >= 15 is 0 Å². The molecule has 0 unspecified atom stereocenters. The summed E-state index contributed by atoms with van der Waals surface area (Å²) in [4.78, 5) is 25.9. The van der Waals surface area contributed by atoms with Gasteiger partial charge in [0.05, 0.1) is 18.0 Å². The smallest absolute Gasteiger partial charge is 0.333 e. The SMILES string of the molecule is O=C(CN1CCCCCC1=O)Nc1ccccc1SCC(F)(F)F. The monoisotopic (exact) mass is 360 g/mol. The van der Waals surface area contributed by atoms with Gasteiger partial charge in [-0.3, -0.25) is 9.59 Å². The van der Waals surface area contributed by atoms with Crippen molar-refractivity contribution in [3.05, 3.63) is 24.3 Å². The van der Waals surface area contributed by atoms with Crippen molar-refractivity contribution in [2.24, 2.45) is 0 Å². The number of para-hydroxylation sites is 1. The highest BCUT2D eigenvalue weighted by molar-refractivity contribution is 7.99. The number of thioether (sulfide) groups is 1. The molecule has 1 fully saturated rings. The second-order valence-corrected chi connectivity index (χ2v) is 6.59. The molecular weight excluding hydrogens is 341 g/mol. The van der Waals surface area contributed by atoms with Crippen LogP contribution in [0.15, 0.2) is 29.2 Å². The van der Waals surface area contributed by atoms with Crippen LogP contribution in [0.25, 0.3) is 0 Å². The quantitative estimate of drug-likeness (QED) is 0.815. The Kier molecular flexibility index (Phi) is 6.53. The summed E-state index contributed by atoms with van der Waals surface area (Å²) in [6.45, 7) is 0.466. The molecule has 8 heteroatoms. The van der Waals surface area contributed by atoms with Gasteiger partial charge in [-0.1, -0.05) is 18.6 Å². The van der Waals surface area contributed by atoms with Gasteiger partial charge < -0.3 is 10.2 Å². The average Bonchev–Trinajstić information content (AvgIpc) is 2.70. The van der Waals surface area contributed by atoms with Crippen molar-refractivity contribution in [2.45, 2.75) is 36.8 Å². The number of nitrogens with one attached hydrogen (secondary N) is 1. The first-order valence-electron chi connectivity index (χ1n) is 7.71. The third kappa shape index (κ3) is 6.07. The van der Waals surface area contributed by atoms with E-state index in [9.17, 15) is 22.8 Å². The molecule has 0 aromatic heterocycles. The van der Waals surface area contributed by atoms with Crippen LogP contribution in [-0.2, 0) is 9.59 Å². The number of rotatable bonds is 5. The molecule has 1 N–H and O–H groups in total. The van der Waals surface area contributed by atoms with Crippen molar-refractivity contribution >= 4 is 29.3 Å². The predicted molar refractivity (Wildman–Crippen MR) is 86.9 cm³/mol. The Hall–Kier alpha value is -1.70. The third-order valence-electron chi connectivity index (χ3n) is 3.56. The number of likely N-dealkylation sites (tertiary alicyclic amines) is 1. The van der Waals surface area contributed by atoms with Crippen LogP contribution in [0.2, 0.25) is 0 Å². The van der Waals surface area contributed by atoms with Crippen LogP contribution in [0.5, 0.6) is 0 Å². The Morgan fingerprint density at radius 1 is 1.21 bits per heavy atom. The molecule has 1 aliphatic rings. The largest absolute Gasteiger partial charge is 0.398 e. The van der Waals surface area contributed by atoms with Gasteiger partial charge in [0.2, 0.25) is 11.8 Å². The van der Waals surface area contributed by atoms with Crippen molar-refractivity contribution < 1.29 is 22.8 Å². The maximum absolute atomic E-state index is 12.4. The Bertz CT molecular complexity index is 593. The summed E-state index contributed by atoms with van der Waals surface area (Å²) < 4.78 is 37.1. The Morgan fingerprint density at radius 3 is 2.71 bits per heavy atom. The number of hydrogen-bond donors (Lipinski definition) is 1. The first-order valence-corrected chi connectivity index (χ1v) is 8.70. The van der Waals surface area contributed by atoms with Crippen LogP contribution in [0.4, 0.5) is 18.9 Å². The highest BCUT2D eigenvalue weighted by Gasteiger charge is 2.28. The fourth-order valence-electron chi connectivity index (χ4n) is 2.42. The number of halogens is 3. The van der Waals surface area contributed by atoms with Gasteiger partial charge in [0, 0.05) is 17.9 Å². The predicted octanol–water partition coefficient (Wildman–Crippen LogP) is 3.68. The molecule has 0 saturated carbocycles. The van der Waals surface area contributed by atoms with E-state index in [0.717, 1.165) is 19.3 Å². The van der Waals surface area contributed by atoms with E-state index in [4.69, 9.17) is 0 Å². The van der Waals surface area contributed by atoms with Crippen LogP contribution in [0.1, 0.15) is 25.7 Å². The number of benzene rings is 1. The van der Waals surface area contributed by atoms with Crippen LogP contribution >= 0.6 is 11.8 Å². The summed E-state index contributed by atoms with van der Waals surface area (Å²) in [6.07, 6.45) is -1.20. The molecule has 1 aromatic carbocycles. The first-order chi connectivity index (χ1) is 11.3. The van der Waals surface area contributed by atoms with Crippen LogP contribution in [0, 0.1) is 0 Å². The molecule has 1 aromatic rings. The van der Waals surface area contributed by atoms with Crippen molar-refractivity contribution in [3.63, 3.8) is 0 Å². The van der Waals surface area contributed by atoms with E-state index in [-0.39, 0.29) is 12.5 Å². The molecule has 2 rings (SSSR count). The number of carbonyl (C=O) groups is 2. The summed E-state index contributed by atoms with van der Waals surface area (Å²) in [7, 11) is 0. The normalized spacial score (nSPS) is 16.0. The summed E-state index contributed by atoms with van der Waals surface area (Å²) in [5.41, 5.74) is 0.332. The van der Waals surface area contributed by atoms with Gasteiger partial charge in [0.25, 0.3) is 0 Å². The molecule has 0 radical (unpaired) electrons. The van der Waals surface area contributed by atoms with Gasteiger partial charge in [-0.25, -0.2) is 0 Å². The third-order valence-corrected chi connectivity index (χ3v) is 4.70.